The molecule has 3 aliphatic heterocycles. The van der Waals surface area contributed by atoms with E-state index in [4.69, 9.17) is 28.4 Å². The topological polar surface area (TPSA) is 160 Å². The predicted octanol–water partition coefficient (Wildman–Crippen LogP) is 5.37. The van der Waals surface area contributed by atoms with Crippen molar-refractivity contribution in [3.63, 3.8) is 0 Å². The largest absolute Gasteiger partial charge is 0.493 e. The quantitative estimate of drug-likeness (QED) is 0.177. The van der Waals surface area contributed by atoms with Gasteiger partial charge in [-0.25, -0.2) is 19.5 Å². The van der Waals surface area contributed by atoms with Crippen LogP contribution in [-0.4, -0.2) is 90.4 Å². The smallest absolute Gasteiger partial charge is 0.416 e. The Bertz CT molecular complexity index is 1850. The number of hydrogen-bond donors (Lipinski definition) is 1. The van der Waals surface area contributed by atoms with E-state index in [1.165, 1.54) is 22.7 Å². The lowest BCUT2D eigenvalue weighted by molar-refractivity contribution is -0.198. The number of methoxy groups -OCH3 is 1. The standard InChI is InChI=1S/C39H47N5O10/c1-5-17-52-39(48)44-29-22-31(30(49-4)21-27(29)36(46)43-16-9-7-14-28(43)37(44)54-34-15-8-10-18-51-34)53-24-26-13-11-12-25(19-26)20-33(45)40-32-23-42(3)35(41-32)38(47)50-6-2/h5,11-13,19,21-23,28,34,37H,1,6-10,14-18,20,24H2,2-4H3,(H,40,45)/t28-,34?,37?/m0/s1. The van der Waals surface area contributed by atoms with Crippen molar-refractivity contribution in [1.29, 1.82) is 0 Å². The molecule has 288 valence electrons. The summed E-state index contributed by atoms with van der Waals surface area (Å²) in [7, 11) is 3.13. The van der Waals surface area contributed by atoms with Crippen molar-refractivity contribution in [2.75, 3.05) is 43.7 Å². The molecule has 2 unspecified atom stereocenters. The van der Waals surface area contributed by atoms with Gasteiger partial charge >= 0.3 is 12.1 Å². The maximum absolute atomic E-state index is 14.3. The summed E-state index contributed by atoms with van der Waals surface area (Å²) < 4.78 is 36.7. The zero-order chi connectivity index (χ0) is 38.2. The third-order valence-electron chi connectivity index (χ3n) is 9.47. The number of nitrogens with one attached hydrogen (secondary N) is 1. The van der Waals surface area contributed by atoms with Gasteiger partial charge < -0.3 is 43.2 Å². The van der Waals surface area contributed by atoms with Gasteiger partial charge in [0, 0.05) is 32.5 Å². The number of aromatic nitrogens is 2. The minimum Gasteiger partial charge on any atom is -0.493 e. The van der Waals surface area contributed by atoms with Crippen molar-refractivity contribution in [1.82, 2.24) is 14.5 Å². The highest BCUT2D eigenvalue weighted by atomic mass is 16.7. The second kappa shape index (κ2) is 17.6. The number of imidazole rings is 1. The normalized spacial score (nSPS) is 19.5. The van der Waals surface area contributed by atoms with E-state index >= 15 is 0 Å². The SMILES string of the molecule is C=CCOC(=O)N1c2cc(OCc3cccc(CC(=O)Nc4cn(C)c(C(=O)OCC)n4)c3)c(OC)cc2C(=O)N2CCCC[C@H]2C1OC1CCCCO1. The molecule has 0 radical (unpaired) electrons. The van der Waals surface area contributed by atoms with E-state index in [9.17, 15) is 19.2 Å². The van der Waals surface area contributed by atoms with Crippen LogP contribution in [0.25, 0.3) is 0 Å². The van der Waals surface area contributed by atoms with Crippen LogP contribution < -0.4 is 19.7 Å². The summed E-state index contributed by atoms with van der Waals surface area (Å²) in [6.07, 6.45) is 5.76. The number of ether oxygens (including phenoxy) is 6. The van der Waals surface area contributed by atoms with Crippen LogP contribution in [0, 0.1) is 0 Å². The molecule has 0 aliphatic carbocycles. The van der Waals surface area contributed by atoms with Gasteiger partial charge in [0.15, 0.2) is 29.8 Å². The molecule has 1 aromatic heterocycles. The van der Waals surface area contributed by atoms with Crippen LogP contribution in [0.5, 0.6) is 11.5 Å². The summed E-state index contributed by atoms with van der Waals surface area (Å²) in [6.45, 7) is 6.70. The number of esters is 1. The third kappa shape index (κ3) is 8.69. The highest BCUT2D eigenvalue weighted by Crippen LogP contribution is 2.42. The molecule has 3 aliphatic rings. The Hall–Kier alpha value is -5.41. The first kappa shape index (κ1) is 38.3. The van der Waals surface area contributed by atoms with Gasteiger partial charge in [-0.1, -0.05) is 36.9 Å². The van der Waals surface area contributed by atoms with Gasteiger partial charge in [0.1, 0.15) is 13.2 Å². The molecule has 54 heavy (non-hydrogen) atoms. The van der Waals surface area contributed by atoms with Crippen LogP contribution in [-0.2, 0) is 43.8 Å². The fourth-order valence-corrected chi connectivity index (χ4v) is 6.96. The van der Waals surface area contributed by atoms with Crippen LogP contribution in [0.3, 0.4) is 0 Å². The van der Waals surface area contributed by atoms with E-state index in [-0.39, 0.29) is 66.7 Å². The number of piperidine rings is 1. The molecule has 2 fully saturated rings. The van der Waals surface area contributed by atoms with E-state index in [1.807, 2.05) is 24.3 Å². The number of amides is 3. The van der Waals surface area contributed by atoms with Gasteiger partial charge in [-0.05, 0) is 62.6 Å². The Labute approximate surface area is 314 Å². The maximum atomic E-state index is 14.3. The summed E-state index contributed by atoms with van der Waals surface area (Å²) in [5.74, 6) is -0.246. The first-order valence-electron chi connectivity index (χ1n) is 18.3. The van der Waals surface area contributed by atoms with Gasteiger partial charge in [-0.3, -0.25) is 9.59 Å². The molecule has 0 bridgehead atoms. The summed E-state index contributed by atoms with van der Waals surface area (Å²) in [6, 6.07) is 10.1. The van der Waals surface area contributed by atoms with Crippen molar-refractivity contribution < 1.29 is 47.6 Å². The fraction of sp³-hybridized carbons (Fsp3) is 0.462. The van der Waals surface area contributed by atoms with Crippen LogP contribution in [0.4, 0.5) is 16.3 Å². The van der Waals surface area contributed by atoms with Gasteiger partial charge in [-0.2, -0.15) is 0 Å². The number of carbonyl (C=O) groups excluding carboxylic acids is 4. The third-order valence-corrected chi connectivity index (χ3v) is 9.47. The van der Waals surface area contributed by atoms with Gasteiger partial charge in [0.25, 0.3) is 5.91 Å². The number of rotatable bonds is 13. The summed E-state index contributed by atoms with van der Waals surface area (Å²) in [5.41, 5.74) is 2.00. The van der Waals surface area contributed by atoms with Crippen LogP contribution >= 0.6 is 0 Å². The summed E-state index contributed by atoms with van der Waals surface area (Å²) in [4.78, 5) is 60.6. The summed E-state index contributed by atoms with van der Waals surface area (Å²) in [5, 5.41) is 2.73. The Morgan fingerprint density at radius 3 is 2.63 bits per heavy atom. The number of carbonyl (C=O) groups is 4. The average molecular weight is 746 g/mol. The number of aryl methyl sites for hydroxylation is 1. The van der Waals surface area contributed by atoms with E-state index < -0.39 is 30.6 Å². The lowest BCUT2D eigenvalue weighted by Crippen LogP contribution is -2.57. The minimum atomic E-state index is -0.886. The molecule has 4 heterocycles. The van der Waals surface area contributed by atoms with Crippen LogP contribution in [0.2, 0.25) is 0 Å². The molecular formula is C39H47N5O10. The predicted molar refractivity (Wildman–Crippen MR) is 196 cm³/mol. The Morgan fingerprint density at radius 1 is 1.06 bits per heavy atom. The number of nitrogens with zero attached hydrogens (tertiary/aromatic N) is 4. The minimum absolute atomic E-state index is 0.0367. The molecule has 0 spiro atoms. The average Bonchev–Trinajstić information content (AvgIpc) is 3.51. The molecule has 15 heteroatoms. The lowest BCUT2D eigenvalue weighted by atomic mass is 10.00. The van der Waals surface area contributed by atoms with Gasteiger partial charge in [0.05, 0.1) is 37.4 Å². The van der Waals surface area contributed by atoms with Crippen molar-refractivity contribution in [3.05, 3.63) is 77.8 Å². The summed E-state index contributed by atoms with van der Waals surface area (Å²) >= 11 is 0. The molecule has 2 aromatic carbocycles. The van der Waals surface area contributed by atoms with E-state index in [0.29, 0.717) is 37.3 Å². The second-order valence-electron chi connectivity index (χ2n) is 13.3. The van der Waals surface area contributed by atoms with Crippen LogP contribution in [0.1, 0.15) is 77.6 Å². The zero-order valence-corrected chi connectivity index (χ0v) is 30.9. The monoisotopic (exact) mass is 745 g/mol. The Kier molecular flexibility index (Phi) is 12.5. The first-order valence-corrected chi connectivity index (χ1v) is 18.3. The zero-order valence-electron chi connectivity index (χ0n) is 30.9. The van der Waals surface area contributed by atoms with E-state index in [2.05, 4.69) is 16.9 Å². The second-order valence-corrected chi connectivity index (χ2v) is 13.3. The molecule has 2 saturated heterocycles. The number of anilines is 2. The highest BCUT2D eigenvalue weighted by molar-refractivity contribution is 6.06. The van der Waals surface area contributed by atoms with Crippen molar-refractivity contribution in [2.45, 2.75) is 77.0 Å². The lowest BCUT2D eigenvalue weighted by Gasteiger charge is -2.42. The van der Waals surface area contributed by atoms with Crippen molar-refractivity contribution in [3.8, 4) is 11.5 Å². The molecule has 15 nitrogen and oxygen atoms in total. The molecule has 0 saturated carbocycles. The number of benzene rings is 2. The van der Waals surface area contributed by atoms with Gasteiger partial charge in [0.2, 0.25) is 11.7 Å². The Balaban J connectivity index is 1.25. The molecule has 1 N–H and O–H groups in total. The molecule has 3 atom stereocenters. The van der Waals surface area contributed by atoms with E-state index in [0.717, 1.165) is 31.2 Å². The Morgan fingerprint density at radius 2 is 1.87 bits per heavy atom. The molecule has 6 rings (SSSR count). The van der Waals surface area contributed by atoms with Gasteiger partial charge in [-0.15, -0.1) is 0 Å². The van der Waals surface area contributed by atoms with Crippen LogP contribution in [0.15, 0.2) is 55.3 Å². The molecule has 3 aromatic rings. The van der Waals surface area contributed by atoms with Crippen molar-refractivity contribution >= 4 is 35.4 Å². The molecular weight excluding hydrogens is 698 g/mol. The fourth-order valence-electron chi connectivity index (χ4n) is 6.96. The highest BCUT2D eigenvalue weighted by Gasteiger charge is 2.47. The number of fused-ring (bicyclic) bond motifs is 2. The maximum Gasteiger partial charge on any atom is 0.416 e. The number of hydrogen-bond acceptors (Lipinski definition) is 11. The molecule has 3 amide bonds. The first-order chi connectivity index (χ1) is 26.2. The van der Waals surface area contributed by atoms with Crippen molar-refractivity contribution in [2.24, 2.45) is 7.05 Å². The van der Waals surface area contributed by atoms with E-state index in [1.54, 1.807) is 37.2 Å².